The van der Waals surface area contributed by atoms with E-state index in [1.54, 1.807) is 0 Å². The zero-order valence-electron chi connectivity index (χ0n) is 15.2. The first-order valence-corrected chi connectivity index (χ1v) is 9.40. The Hall–Kier alpha value is -3.54. The Bertz CT molecular complexity index is 1100. The van der Waals surface area contributed by atoms with Gasteiger partial charge in [0.15, 0.2) is 0 Å². The lowest BCUT2D eigenvalue weighted by Gasteiger charge is -2.29. The van der Waals surface area contributed by atoms with Crippen LogP contribution < -0.4 is 10.6 Å². The molecule has 2 amide bonds. The molecule has 4 aromatic rings. The van der Waals surface area contributed by atoms with Crippen molar-refractivity contribution in [2.45, 2.75) is 24.9 Å². The van der Waals surface area contributed by atoms with E-state index >= 15 is 0 Å². The number of nitrogens with one attached hydrogen (secondary N) is 4. The highest BCUT2D eigenvalue weighted by Crippen LogP contribution is 2.22. The van der Waals surface area contributed by atoms with Crippen LogP contribution in [-0.2, 0) is 22.4 Å². The summed E-state index contributed by atoms with van der Waals surface area (Å²) in [6.07, 6.45) is 4.73. The number of piperazine rings is 1. The first kappa shape index (κ1) is 16.6. The van der Waals surface area contributed by atoms with Gasteiger partial charge in [0.2, 0.25) is 11.8 Å². The number of hydrogen-bond acceptors (Lipinski definition) is 2. The van der Waals surface area contributed by atoms with Gasteiger partial charge in [-0.15, -0.1) is 0 Å². The van der Waals surface area contributed by atoms with Crippen molar-refractivity contribution in [1.82, 2.24) is 20.6 Å². The van der Waals surface area contributed by atoms with Crippen molar-refractivity contribution in [2.75, 3.05) is 0 Å². The van der Waals surface area contributed by atoms with Crippen LogP contribution in [0.2, 0.25) is 0 Å². The zero-order valence-corrected chi connectivity index (χ0v) is 15.2. The molecule has 1 aliphatic rings. The summed E-state index contributed by atoms with van der Waals surface area (Å²) in [4.78, 5) is 31.7. The van der Waals surface area contributed by atoms with E-state index in [4.69, 9.17) is 0 Å². The van der Waals surface area contributed by atoms with Gasteiger partial charge in [-0.1, -0.05) is 36.4 Å². The Kier molecular flexibility index (Phi) is 3.90. The molecule has 0 spiro atoms. The summed E-state index contributed by atoms with van der Waals surface area (Å²) in [5, 5.41) is 7.96. The molecule has 0 saturated carbocycles. The van der Waals surface area contributed by atoms with Crippen molar-refractivity contribution >= 4 is 33.6 Å². The van der Waals surface area contributed by atoms with Gasteiger partial charge < -0.3 is 20.6 Å². The number of benzene rings is 2. The Labute approximate surface area is 161 Å². The molecule has 0 aliphatic carbocycles. The van der Waals surface area contributed by atoms with Crippen molar-refractivity contribution in [3.8, 4) is 0 Å². The van der Waals surface area contributed by atoms with Gasteiger partial charge in [-0.05, 0) is 23.3 Å². The maximum absolute atomic E-state index is 12.7. The number of hydrogen-bond donors (Lipinski definition) is 4. The average molecular weight is 372 g/mol. The van der Waals surface area contributed by atoms with Crippen LogP contribution in [0.1, 0.15) is 11.1 Å². The van der Waals surface area contributed by atoms with E-state index in [1.165, 1.54) is 0 Å². The molecule has 1 saturated heterocycles. The SMILES string of the molecule is O=C1N[C@H](Cc2c[nH]c3ccccc23)C(=O)N[C@@H]1Cc1c[nH]c2ccccc12. The number of para-hydroxylation sites is 2. The van der Waals surface area contributed by atoms with E-state index in [9.17, 15) is 9.59 Å². The quantitative estimate of drug-likeness (QED) is 0.443. The van der Waals surface area contributed by atoms with Crippen molar-refractivity contribution in [1.29, 1.82) is 0 Å². The van der Waals surface area contributed by atoms with E-state index in [0.29, 0.717) is 12.8 Å². The Morgan fingerprint density at radius 2 is 1.07 bits per heavy atom. The van der Waals surface area contributed by atoms with Crippen molar-refractivity contribution in [2.24, 2.45) is 0 Å². The topological polar surface area (TPSA) is 89.8 Å². The number of amides is 2. The van der Waals surface area contributed by atoms with E-state index in [-0.39, 0.29) is 11.8 Å². The largest absolute Gasteiger partial charge is 0.361 e. The zero-order chi connectivity index (χ0) is 19.1. The number of carbonyl (C=O) groups is 2. The summed E-state index contributed by atoms with van der Waals surface area (Å²) in [5.74, 6) is -0.288. The normalized spacial score (nSPS) is 19.7. The van der Waals surface area contributed by atoms with Gasteiger partial charge in [-0.3, -0.25) is 9.59 Å². The van der Waals surface area contributed by atoms with E-state index < -0.39 is 12.1 Å². The molecule has 2 aromatic heterocycles. The van der Waals surface area contributed by atoms with Crippen LogP contribution >= 0.6 is 0 Å². The number of aromatic nitrogens is 2. The summed E-state index contributed by atoms with van der Waals surface area (Å²) in [6, 6.07) is 14.8. The van der Waals surface area contributed by atoms with Gasteiger partial charge in [-0.2, -0.15) is 0 Å². The van der Waals surface area contributed by atoms with Crippen LogP contribution in [0.5, 0.6) is 0 Å². The predicted molar refractivity (Wildman–Crippen MR) is 108 cm³/mol. The number of fused-ring (bicyclic) bond motifs is 2. The van der Waals surface area contributed by atoms with Crippen LogP contribution in [0.4, 0.5) is 0 Å². The van der Waals surface area contributed by atoms with Crippen LogP contribution in [0.25, 0.3) is 21.8 Å². The summed E-state index contributed by atoms with van der Waals surface area (Å²) in [7, 11) is 0. The molecule has 140 valence electrons. The average Bonchev–Trinajstić information content (AvgIpc) is 3.30. The van der Waals surface area contributed by atoms with Crippen LogP contribution in [-0.4, -0.2) is 33.9 Å². The molecule has 3 heterocycles. The second-order valence-electron chi connectivity index (χ2n) is 7.25. The summed E-state index contributed by atoms with van der Waals surface area (Å²) >= 11 is 0. The molecule has 2 aromatic carbocycles. The molecular formula is C22H20N4O2. The van der Waals surface area contributed by atoms with Gasteiger partial charge >= 0.3 is 0 Å². The Morgan fingerprint density at radius 1 is 0.643 bits per heavy atom. The number of carbonyl (C=O) groups excluding carboxylic acids is 2. The highest BCUT2D eigenvalue weighted by Gasteiger charge is 2.34. The Morgan fingerprint density at radius 3 is 1.54 bits per heavy atom. The molecule has 0 bridgehead atoms. The van der Waals surface area contributed by atoms with E-state index in [2.05, 4.69) is 20.6 Å². The minimum absolute atomic E-state index is 0.144. The fraction of sp³-hybridized carbons (Fsp3) is 0.182. The van der Waals surface area contributed by atoms with Crippen LogP contribution in [0.15, 0.2) is 60.9 Å². The lowest BCUT2D eigenvalue weighted by Crippen LogP contribution is -2.62. The third kappa shape index (κ3) is 2.83. The minimum Gasteiger partial charge on any atom is -0.361 e. The molecule has 0 unspecified atom stereocenters. The van der Waals surface area contributed by atoms with Gasteiger partial charge in [-0.25, -0.2) is 0 Å². The Balaban J connectivity index is 1.32. The summed E-state index contributed by atoms with van der Waals surface area (Å²) in [6.45, 7) is 0. The molecule has 5 rings (SSSR count). The standard InChI is InChI=1S/C22H20N4O2/c27-21-19(9-13-11-23-17-7-3-1-5-15(13)17)25-22(28)20(26-21)10-14-12-24-18-8-4-2-6-16(14)18/h1-8,11-12,19-20,23-24H,9-10H2,(H,25,28)(H,26,27)/t19-,20-/m1/s1. The number of rotatable bonds is 4. The molecule has 6 heteroatoms. The lowest BCUT2D eigenvalue weighted by atomic mass is 9.98. The van der Waals surface area contributed by atoms with E-state index in [0.717, 1.165) is 32.9 Å². The molecule has 6 nitrogen and oxygen atoms in total. The fourth-order valence-corrected chi connectivity index (χ4v) is 4.00. The first-order chi connectivity index (χ1) is 13.7. The molecule has 4 N–H and O–H groups in total. The summed E-state index contributed by atoms with van der Waals surface area (Å²) < 4.78 is 0. The van der Waals surface area contributed by atoms with Gasteiger partial charge in [0, 0.05) is 47.0 Å². The molecule has 0 radical (unpaired) electrons. The maximum atomic E-state index is 12.7. The second kappa shape index (κ2) is 6.56. The second-order valence-corrected chi connectivity index (χ2v) is 7.25. The van der Waals surface area contributed by atoms with Crippen molar-refractivity contribution in [3.05, 3.63) is 72.1 Å². The molecular weight excluding hydrogens is 352 g/mol. The third-order valence-electron chi connectivity index (χ3n) is 5.46. The molecule has 2 atom stereocenters. The molecule has 28 heavy (non-hydrogen) atoms. The number of aromatic amines is 2. The third-order valence-corrected chi connectivity index (χ3v) is 5.46. The van der Waals surface area contributed by atoms with Crippen LogP contribution in [0.3, 0.4) is 0 Å². The van der Waals surface area contributed by atoms with Crippen molar-refractivity contribution in [3.63, 3.8) is 0 Å². The fourth-order valence-electron chi connectivity index (χ4n) is 4.00. The molecule has 1 fully saturated rings. The summed E-state index contributed by atoms with van der Waals surface area (Å²) in [5.41, 5.74) is 4.09. The van der Waals surface area contributed by atoms with Crippen LogP contribution in [0, 0.1) is 0 Å². The highest BCUT2D eigenvalue weighted by atomic mass is 16.2. The van der Waals surface area contributed by atoms with E-state index in [1.807, 2.05) is 60.9 Å². The monoisotopic (exact) mass is 372 g/mol. The lowest BCUT2D eigenvalue weighted by molar-refractivity contribution is -0.136. The highest BCUT2D eigenvalue weighted by molar-refractivity contribution is 5.98. The maximum Gasteiger partial charge on any atom is 0.243 e. The number of H-pyrrole nitrogens is 2. The van der Waals surface area contributed by atoms with Crippen molar-refractivity contribution < 1.29 is 9.59 Å². The van der Waals surface area contributed by atoms with Gasteiger partial charge in [0.1, 0.15) is 12.1 Å². The van der Waals surface area contributed by atoms with Gasteiger partial charge in [0.25, 0.3) is 0 Å². The molecule has 1 aliphatic heterocycles. The van der Waals surface area contributed by atoms with Gasteiger partial charge in [0.05, 0.1) is 0 Å². The first-order valence-electron chi connectivity index (χ1n) is 9.40. The minimum atomic E-state index is -0.564. The smallest absolute Gasteiger partial charge is 0.243 e. The predicted octanol–water partition coefficient (Wildman–Crippen LogP) is 2.42.